The Balaban J connectivity index is 1.79. The Bertz CT molecular complexity index is 389. The fraction of sp³-hybridized carbons (Fsp3) is 0.600. The first-order valence-corrected chi connectivity index (χ1v) is 6.87. The van der Waals surface area contributed by atoms with Gasteiger partial charge in [-0.25, -0.2) is 0 Å². The maximum absolute atomic E-state index is 6.08. The highest BCUT2D eigenvalue weighted by molar-refractivity contribution is 5.24. The zero-order chi connectivity index (χ0) is 12.4. The van der Waals surface area contributed by atoms with Gasteiger partial charge in [-0.1, -0.05) is 37.3 Å². The lowest BCUT2D eigenvalue weighted by Crippen LogP contribution is -2.36. The number of hydrogen-bond acceptors (Lipinski definition) is 3. The zero-order valence-corrected chi connectivity index (χ0v) is 11.0. The van der Waals surface area contributed by atoms with Crippen molar-refractivity contribution in [3.8, 4) is 0 Å². The quantitative estimate of drug-likeness (QED) is 0.766. The number of benzene rings is 1. The molecule has 0 N–H and O–H groups in total. The van der Waals surface area contributed by atoms with Crippen molar-refractivity contribution < 1.29 is 9.47 Å². The van der Waals surface area contributed by atoms with Gasteiger partial charge >= 0.3 is 0 Å². The standard InChI is InChI=1S/C15H21NO2/c1-2-8-16-9-10-17-14(15(11-16)12-18-15)13-6-4-3-5-7-13/h3-7,14H,2,8-12H2,1H3/t14?,15-/m1/s1. The van der Waals surface area contributed by atoms with E-state index in [1.165, 1.54) is 12.0 Å². The minimum absolute atomic E-state index is 0.0903. The van der Waals surface area contributed by atoms with E-state index in [1.807, 2.05) is 6.07 Å². The normalized spacial score (nSPS) is 32.4. The van der Waals surface area contributed by atoms with Gasteiger partial charge in [0.1, 0.15) is 11.7 Å². The summed E-state index contributed by atoms with van der Waals surface area (Å²) in [5, 5.41) is 0. The third-order valence-corrected chi connectivity index (χ3v) is 3.82. The maximum Gasteiger partial charge on any atom is 0.134 e. The summed E-state index contributed by atoms with van der Waals surface area (Å²) in [4.78, 5) is 2.47. The fourth-order valence-electron chi connectivity index (χ4n) is 2.86. The van der Waals surface area contributed by atoms with Gasteiger partial charge in [0.2, 0.25) is 0 Å². The number of nitrogens with zero attached hydrogens (tertiary/aromatic N) is 1. The lowest BCUT2D eigenvalue weighted by atomic mass is 9.96. The summed E-state index contributed by atoms with van der Waals surface area (Å²) < 4.78 is 11.9. The Morgan fingerprint density at radius 2 is 2.11 bits per heavy atom. The Morgan fingerprint density at radius 3 is 2.78 bits per heavy atom. The first kappa shape index (κ1) is 12.2. The molecule has 18 heavy (non-hydrogen) atoms. The van der Waals surface area contributed by atoms with Crippen LogP contribution in [-0.2, 0) is 9.47 Å². The molecular formula is C15H21NO2. The molecule has 2 aliphatic rings. The molecule has 1 aromatic carbocycles. The van der Waals surface area contributed by atoms with E-state index in [-0.39, 0.29) is 11.7 Å². The van der Waals surface area contributed by atoms with Gasteiger partial charge in [0.15, 0.2) is 0 Å². The molecule has 1 unspecified atom stereocenters. The minimum Gasteiger partial charge on any atom is -0.369 e. The van der Waals surface area contributed by atoms with E-state index in [1.54, 1.807) is 0 Å². The van der Waals surface area contributed by atoms with Crippen LogP contribution in [0.2, 0.25) is 0 Å². The van der Waals surface area contributed by atoms with Crippen LogP contribution < -0.4 is 0 Å². The molecule has 2 heterocycles. The van der Waals surface area contributed by atoms with Crippen molar-refractivity contribution in [3.05, 3.63) is 35.9 Å². The first-order valence-electron chi connectivity index (χ1n) is 6.87. The molecule has 1 spiro atoms. The SMILES string of the molecule is CCCN1CCOC(c2ccccc2)[C@]2(CO2)C1. The van der Waals surface area contributed by atoms with Crippen molar-refractivity contribution in [2.24, 2.45) is 0 Å². The second-order valence-electron chi connectivity index (χ2n) is 5.29. The minimum atomic E-state index is -0.0903. The van der Waals surface area contributed by atoms with Crippen LogP contribution in [0.3, 0.4) is 0 Å². The Hall–Kier alpha value is -0.900. The third-order valence-electron chi connectivity index (χ3n) is 3.82. The zero-order valence-electron chi connectivity index (χ0n) is 11.0. The highest BCUT2D eigenvalue weighted by Gasteiger charge is 2.54. The molecule has 0 aromatic heterocycles. The molecule has 98 valence electrons. The molecule has 0 radical (unpaired) electrons. The van der Waals surface area contributed by atoms with E-state index in [0.29, 0.717) is 0 Å². The van der Waals surface area contributed by atoms with E-state index in [4.69, 9.17) is 9.47 Å². The predicted molar refractivity (Wildman–Crippen MR) is 70.5 cm³/mol. The van der Waals surface area contributed by atoms with Gasteiger partial charge in [-0.05, 0) is 18.5 Å². The fourth-order valence-corrected chi connectivity index (χ4v) is 2.86. The van der Waals surface area contributed by atoms with E-state index in [9.17, 15) is 0 Å². The van der Waals surface area contributed by atoms with Crippen LogP contribution in [0, 0.1) is 0 Å². The van der Waals surface area contributed by atoms with Crippen LogP contribution in [0.4, 0.5) is 0 Å². The second-order valence-corrected chi connectivity index (χ2v) is 5.29. The summed E-state index contributed by atoms with van der Waals surface area (Å²) in [6, 6.07) is 10.5. The number of hydrogen-bond donors (Lipinski definition) is 0. The molecule has 2 aliphatic heterocycles. The van der Waals surface area contributed by atoms with Crippen LogP contribution in [-0.4, -0.2) is 43.3 Å². The molecule has 0 amide bonds. The topological polar surface area (TPSA) is 25.0 Å². The van der Waals surface area contributed by atoms with Gasteiger partial charge in [-0.3, -0.25) is 4.90 Å². The summed E-state index contributed by atoms with van der Waals surface area (Å²) in [5.74, 6) is 0. The van der Waals surface area contributed by atoms with Gasteiger partial charge < -0.3 is 9.47 Å². The van der Waals surface area contributed by atoms with Crippen molar-refractivity contribution in [1.29, 1.82) is 0 Å². The number of rotatable bonds is 3. The second kappa shape index (κ2) is 5.00. The van der Waals surface area contributed by atoms with Crippen molar-refractivity contribution in [2.75, 3.05) is 32.8 Å². The highest BCUT2D eigenvalue weighted by atomic mass is 16.6. The predicted octanol–water partition coefficient (Wildman–Crippen LogP) is 2.24. The summed E-state index contributed by atoms with van der Waals surface area (Å²) in [7, 11) is 0. The smallest absolute Gasteiger partial charge is 0.134 e. The molecule has 0 bridgehead atoms. The molecule has 2 atom stereocenters. The van der Waals surface area contributed by atoms with E-state index in [2.05, 4.69) is 36.1 Å². The van der Waals surface area contributed by atoms with Crippen LogP contribution >= 0.6 is 0 Å². The van der Waals surface area contributed by atoms with E-state index >= 15 is 0 Å². The average molecular weight is 247 g/mol. The van der Waals surface area contributed by atoms with Gasteiger partial charge in [0, 0.05) is 13.1 Å². The number of ether oxygens (including phenoxy) is 2. The van der Waals surface area contributed by atoms with Gasteiger partial charge in [-0.15, -0.1) is 0 Å². The lowest BCUT2D eigenvalue weighted by molar-refractivity contribution is 0.0139. The Morgan fingerprint density at radius 1 is 1.33 bits per heavy atom. The van der Waals surface area contributed by atoms with Crippen molar-refractivity contribution in [2.45, 2.75) is 25.0 Å². The molecule has 3 rings (SSSR count). The van der Waals surface area contributed by atoms with Gasteiger partial charge in [0.25, 0.3) is 0 Å². The van der Waals surface area contributed by atoms with Crippen LogP contribution in [0.1, 0.15) is 25.0 Å². The molecule has 1 aromatic rings. The molecule has 2 saturated heterocycles. The lowest BCUT2D eigenvalue weighted by Gasteiger charge is -2.24. The summed E-state index contributed by atoms with van der Waals surface area (Å²) in [5.41, 5.74) is 1.15. The Labute approximate surface area is 109 Å². The summed E-state index contributed by atoms with van der Waals surface area (Å²) in [6.45, 7) is 7.00. The Kier molecular flexibility index (Phi) is 3.37. The monoisotopic (exact) mass is 247 g/mol. The molecule has 0 saturated carbocycles. The van der Waals surface area contributed by atoms with Gasteiger partial charge in [0.05, 0.1) is 13.2 Å². The molecule has 0 aliphatic carbocycles. The van der Waals surface area contributed by atoms with Crippen LogP contribution in [0.25, 0.3) is 0 Å². The van der Waals surface area contributed by atoms with Crippen molar-refractivity contribution >= 4 is 0 Å². The maximum atomic E-state index is 6.08. The molecular weight excluding hydrogens is 226 g/mol. The highest BCUT2D eigenvalue weighted by Crippen LogP contribution is 2.44. The van der Waals surface area contributed by atoms with E-state index in [0.717, 1.165) is 32.8 Å². The van der Waals surface area contributed by atoms with Gasteiger partial charge in [-0.2, -0.15) is 0 Å². The molecule has 3 heteroatoms. The van der Waals surface area contributed by atoms with Crippen molar-refractivity contribution in [3.63, 3.8) is 0 Å². The van der Waals surface area contributed by atoms with E-state index < -0.39 is 0 Å². The first-order chi connectivity index (χ1) is 8.84. The largest absolute Gasteiger partial charge is 0.369 e. The molecule has 2 fully saturated rings. The molecule has 3 nitrogen and oxygen atoms in total. The number of epoxide rings is 1. The van der Waals surface area contributed by atoms with Crippen LogP contribution in [0.5, 0.6) is 0 Å². The third kappa shape index (κ3) is 2.30. The summed E-state index contributed by atoms with van der Waals surface area (Å²) >= 11 is 0. The van der Waals surface area contributed by atoms with Crippen LogP contribution in [0.15, 0.2) is 30.3 Å². The van der Waals surface area contributed by atoms with Crippen molar-refractivity contribution in [1.82, 2.24) is 4.90 Å². The average Bonchev–Trinajstić information content (AvgIpc) is 3.18. The summed E-state index contributed by atoms with van der Waals surface area (Å²) in [6.07, 6.45) is 1.28.